The second-order valence-corrected chi connectivity index (χ2v) is 6.08. The molecule has 0 heterocycles. The topological polar surface area (TPSA) is 32.3 Å². The first-order chi connectivity index (χ1) is 9.24. The average Bonchev–Trinajstić information content (AvgIpc) is 2.49. The minimum absolute atomic E-state index is 0.141. The van der Waals surface area contributed by atoms with E-state index in [1.807, 2.05) is 18.2 Å². The molecule has 1 aromatic rings. The molecule has 0 radical (unpaired) electrons. The zero-order chi connectivity index (χ0) is 13.6. The lowest BCUT2D eigenvalue weighted by molar-refractivity contribution is 0.171. The second kappa shape index (κ2) is 7.06. The van der Waals surface area contributed by atoms with E-state index in [9.17, 15) is 5.11 Å². The van der Waals surface area contributed by atoms with Crippen molar-refractivity contribution in [2.75, 3.05) is 13.2 Å². The maximum absolute atomic E-state index is 9.71. The summed E-state index contributed by atoms with van der Waals surface area (Å²) in [6.07, 6.45) is 8.25. The molecule has 0 aliphatic heterocycles. The number of aliphatic hydroxyl groups is 1. The third-order valence-corrected chi connectivity index (χ3v) is 4.52. The molecule has 2 rings (SSSR count). The van der Waals surface area contributed by atoms with E-state index in [1.54, 1.807) is 0 Å². The highest BCUT2D eigenvalue weighted by Crippen LogP contribution is 2.26. The number of nitrogens with one attached hydrogen (secondary N) is 1. The van der Waals surface area contributed by atoms with Gasteiger partial charge in [0.25, 0.3) is 0 Å². The van der Waals surface area contributed by atoms with E-state index in [4.69, 9.17) is 0 Å². The number of benzene rings is 1. The van der Waals surface area contributed by atoms with Crippen LogP contribution in [0.5, 0.6) is 0 Å². The van der Waals surface area contributed by atoms with E-state index in [-0.39, 0.29) is 12.1 Å². The lowest BCUT2D eigenvalue weighted by atomic mass is 9.86. The molecular weight excluding hydrogens is 234 g/mol. The van der Waals surface area contributed by atoms with Crippen LogP contribution in [0.3, 0.4) is 0 Å². The summed E-state index contributed by atoms with van der Waals surface area (Å²) in [6, 6.07) is 10.3. The van der Waals surface area contributed by atoms with Gasteiger partial charge in [0.1, 0.15) is 0 Å². The van der Waals surface area contributed by atoms with Crippen LogP contribution >= 0.6 is 0 Å². The Hall–Kier alpha value is -0.860. The van der Waals surface area contributed by atoms with Crippen molar-refractivity contribution in [3.8, 4) is 0 Å². The summed E-state index contributed by atoms with van der Waals surface area (Å²) in [6.45, 7) is 3.22. The maximum atomic E-state index is 9.71. The van der Waals surface area contributed by atoms with Gasteiger partial charge in [-0.3, -0.25) is 0 Å². The van der Waals surface area contributed by atoms with Crippen molar-refractivity contribution in [1.29, 1.82) is 0 Å². The molecule has 0 saturated heterocycles. The molecule has 1 atom stereocenters. The van der Waals surface area contributed by atoms with Gasteiger partial charge >= 0.3 is 0 Å². The summed E-state index contributed by atoms with van der Waals surface area (Å²) >= 11 is 0. The van der Waals surface area contributed by atoms with Crippen molar-refractivity contribution in [2.45, 2.75) is 51.0 Å². The highest BCUT2D eigenvalue weighted by molar-refractivity contribution is 5.23. The smallest absolute Gasteiger partial charge is 0.0652 e. The summed E-state index contributed by atoms with van der Waals surface area (Å²) < 4.78 is 0. The molecule has 19 heavy (non-hydrogen) atoms. The van der Waals surface area contributed by atoms with Crippen LogP contribution in [0.15, 0.2) is 30.3 Å². The third-order valence-electron chi connectivity index (χ3n) is 4.52. The fraction of sp³-hybridized carbons (Fsp3) is 0.647. The van der Waals surface area contributed by atoms with Gasteiger partial charge < -0.3 is 10.4 Å². The van der Waals surface area contributed by atoms with Crippen LogP contribution < -0.4 is 5.32 Å². The summed E-state index contributed by atoms with van der Waals surface area (Å²) in [7, 11) is 0. The molecule has 106 valence electrons. The number of rotatable bonds is 6. The van der Waals surface area contributed by atoms with Crippen LogP contribution in [0.4, 0.5) is 0 Å². The van der Waals surface area contributed by atoms with Crippen molar-refractivity contribution < 1.29 is 5.11 Å². The minimum Gasteiger partial charge on any atom is -0.394 e. The fourth-order valence-electron chi connectivity index (χ4n) is 3.08. The van der Waals surface area contributed by atoms with Gasteiger partial charge in [0.2, 0.25) is 0 Å². The van der Waals surface area contributed by atoms with E-state index in [1.165, 1.54) is 44.1 Å². The Morgan fingerprint density at radius 1 is 1.16 bits per heavy atom. The SMILES string of the molecule is CC(CO)(NCCC1CCCCC1)c1ccccc1. The van der Waals surface area contributed by atoms with Gasteiger partial charge in [-0.15, -0.1) is 0 Å². The minimum atomic E-state index is -0.310. The number of aliphatic hydroxyl groups excluding tert-OH is 1. The molecule has 2 heteroatoms. The molecule has 0 spiro atoms. The van der Waals surface area contributed by atoms with Gasteiger partial charge in [-0.1, -0.05) is 62.4 Å². The summed E-state index contributed by atoms with van der Waals surface area (Å²) in [4.78, 5) is 0. The molecular formula is C17H27NO. The van der Waals surface area contributed by atoms with Gasteiger partial charge in [-0.2, -0.15) is 0 Å². The first kappa shape index (κ1) is 14.5. The number of hydrogen-bond donors (Lipinski definition) is 2. The van der Waals surface area contributed by atoms with Crippen LogP contribution in [-0.2, 0) is 5.54 Å². The molecule has 0 amide bonds. The normalized spacial score (nSPS) is 20.1. The van der Waals surface area contributed by atoms with Gasteiger partial charge in [-0.25, -0.2) is 0 Å². The second-order valence-electron chi connectivity index (χ2n) is 6.08. The summed E-state index contributed by atoms with van der Waals surface area (Å²) in [5, 5.41) is 13.3. The Morgan fingerprint density at radius 3 is 2.47 bits per heavy atom. The van der Waals surface area contributed by atoms with Crippen molar-refractivity contribution in [2.24, 2.45) is 5.92 Å². The van der Waals surface area contributed by atoms with Crippen molar-refractivity contribution in [3.63, 3.8) is 0 Å². The van der Waals surface area contributed by atoms with Crippen LogP contribution in [0.25, 0.3) is 0 Å². The molecule has 0 bridgehead atoms. The van der Waals surface area contributed by atoms with E-state index < -0.39 is 0 Å². The van der Waals surface area contributed by atoms with E-state index >= 15 is 0 Å². The Morgan fingerprint density at radius 2 is 1.84 bits per heavy atom. The Kier molecular flexibility index (Phi) is 5.41. The first-order valence-electron chi connectivity index (χ1n) is 7.66. The lowest BCUT2D eigenvalue weighted by Crippen LogP contribution is -2.43. The van der Waals surface area contributed by atoms with Crippen molar-refractivity contribution >= 4 is 0 Å². The third kappa shape index (κ3) is 4.05. The Balaban J connectivity index is 1.85. The zero-order valence-corrected chi connectivity index (χ0v) is 12.1. The van der Waals surface area contributed by atoms with Gasteiger partial charge in [0.15, 0.2) is 0 Å². The zero-order valence-electron chi connectivity index (χ0n) is 12.1. The van der Waals surface area contributed by atoms with Crippen molar-refractivity contribution in [3.05, 3.63) is 35.9 Å². The molecule has 1 unspecified atom stereocenters. The molecule has 2 nitrogen and oxygen atoms in total. The summed E-state index contributed by atoms with van der Waals surface area (Å²) in [5.74, 6) is 0.889. The summed E-state index contributed by atoms with van der Waals surface area (Å²) in [5.41, 5.74) is 0.858. The van der Waals surface area contributed by atoms with Gasteiger partial charge in [-0.05, 0) is 31.4 Å². The fourth-order valence-corrected chi connectivity index (χ4v) is 3.08. The maximum Gasteiger partial charge on any atom is 0.0652 e. The van der Waals surface area contributed by atoms with E-state index in [2.05, 4.69) is 24.4 Å². The molecule has 1 aromatic carbocycles. The van der Waals surface area contributed by atoms with E-state index in [0.29, 0.717) is 0 Å². The standard InChI is InChI=1S/C17H27NO/c1-17(14-19,16-10-6-3-7-11-16)18-13-12-15-8-4-2-5-9-15/h3,6-7,10-11,15,18-19H,2,4-5,8-9,12-14H2,1H3. The average molecular weight is 261 g/mol. The van der Waals surface area contributed by atoms with E-state index in [0.717, 1.165) is 12.5 Å². The highest BCUT2D eigenvalue weighted by Gasteiger charge is 2.25. The quantitative estimate of drug-likeness (QED) is 0.822. The molecule has 1 aliphatic rings. The van der Waals surface area contributed by atoms with Gasteiger partial charge in [0, 0.05) is 0 Å². The molecule has 1 saturated carbocycles. The predicted molar refractivity (Wildman–Crippen MR) is 80.1 cm³/mol. The molecule has 0 aromatic heterocycles. The van der Waals surface area contributed by atoms with Crippen LogP contribution in [-0.4, -0.2) is 18.3 Å². The van der Waals surface area contributed by atoms with Crippen molar-refractivity contribution in [1.82, 2.24) is 5.32 Å². The number of hydrogen-bond acceptors (Lipinski definition) is 2. The first-order valence-corrected chi connectivity index (χ1v) is 7.66. The monoisotopic (exact) mass is 261 g/mol. The van der Waals surface area contributed by atoms with Crippen LogP contribution in [0, 0.1) is 5.92 Å². The lowest BCUT2D eigenvalue weighted by Gasteiger charge is -2.31. The molecule has 1 aliphatic carbocycles. The largest absolute Gasteiger partial charge is 0.394 e. The highest BCUT2D eigenvalue weighted by atomic mass is 16.3. The molecule has 1 fully saturated rings. The van der Waals surface area contributed by atoms with Crippen LogP contribution in [0.1, 0.15) is 51.0 Å². The molecule has 2 N–H and O–H groups in total. The predicted octanol–water partition coefficient (Wildman–Crippen LogP) is 3.45. The van der Waals surface area contributed by atoms with Crippen LogP contribution in [0.2, 0.25) is 0 Å². The Bertz CT molecular complexity index is 359. The Labute approximate surface area is 117 Å². The van der Waals surface area contributed by atoms with Gasteiger partial charge in [0.05, 0.1) is 12.1 Å².